The molecule has 7 rings (SSSR count). The second-order valence-electron chi connectivity index (χ2n) is 20.1. The summed E-state index contributed by atoms with van der Waals surface area (Å²) in [7, 11) is 4.27. The second kappa shape index (κ2) is 11.1. The molecule has 4 heteroatoms. The largest absolute Gasteiger partial charge is 0.373 e. The Balaban J connectivity index is 1.16. The van der Waals surface area contributed by atoms with Crippen LogP contribution in [-0.2, 0) is 27.4 Å². The van der Waals surface area contributed by atoms with Crippen molar-refractivity contribution in [3.8, 4) is 0 Å². The zero-order chi connectivity index (χ0) is 33.8. The zero-order valence-electron chi connectivity index (χ0n) is 31.9. The molecule has 1 aromatic rings. The van der Waals surface area contributed by atoms with Crippen molar-refractivity contribution in [1.82, 2.24) is 4.90 Å². The fraction of sp³-hybridized carbons (Fsp3) is 0.814. The van der Waals surface area contributed by atoms with Crippen LogP contribution in [0.3, 0.4) is 0 Å². The summed E-state index contributed by atoms with van der Waals surface area (Å²) in [6, 6.07) is 9.13. The SMILES string of the molecule is CN(C)Cc1ccc(CO[C@@H]2CC(C)(C)C[C@H]3C4=CCC5[C@@]6(C)CC[C@@H]7OC(C)(C)OC[C@]7(C)C6CC[C@@]5(C)[C@]4(C)CC[C@@]23C)cc1. The average Bonchev–Trinajstić information content (AvgIpc) is 2.98. The van der Waals surface area contributed by atoms with Gasteiger partial charge in [-0.05, 0) is 136 Å². The van der Waals surface area contributed by atoms with E-state index in [9.17, 15) is 0 Å². The van der Waals surface area contributed by atoms with Gasteiger partial charge in [0.15, 0.2) is 5.79 Å². The van der Waals surface area contributed by atoms with Crippen LogP contribution in [-0.4, -0.2) is 43.6 Å². The number of fused-ring (bicyclic) bond motifs is 9. The quantitative estimate of drug-likeness (QED) is 0.298. The van der Waals surface area contributed by atoms with Gasteiger partial charge >= 0.3 is 0 Å². The minimum atomic E-state index is -0.461. The summed E-state index contributed by atoms with van der Waals surface area (Å²) in [5, 5.41) is 0. The molecule has 4 saturated carbocycles. The molecule has 0 radical (unpaired) electrons. The highest BCUT2D eigenvalue weighted by Gasteiger charge is 2.70. The lowest BCUT2D eigenvalue weighted by Crippen LogP contribution is -2.68. The first kappa shape index (κ1) is 34.3. The Kier molecular flexibility index (Phi) is 8.13. The molecule has 1 heterocycles. The van der Waals surface area contributed by atoms with E-state index in [-0.39, 0.29) is 27.8 Å². The van der Waals surface area contributed by atoms with Crippen molar-refractivity contribution < 1.29 is 14.2 Å². The molecular weight excluding hydrogens is 578 g/mol. The van der Waals surface area contributed by atoms with Crippen LogP contribution in [0.2, 0.25) is 0 Å². The van der Waals surface area contributed by atoms with Gasteiger partial charge in [-0.3, -0.25) is 0 Å². The zero-order valence-corrected chi connectivity index (χ0v) is 31.9. The van der Waals surface area contributed by atoms with Gasteiger partial charge in [0.05, 0.1) is 25.4 Å². The maximum atomic E-state index is 7.04. The lowest BCUT2D eigenvalue weighted by molar-refractivity contribution is -0.351. The Labute approximate surface area is 287 Å². The number of hydrogen-bond acceptors (Lipinski definition) is 4. The molecule has 1 saturated heterocycles. The fourth-order valence-corrected chi connectivity index (χ4v) is 13.1. The van der Waals surface area contributed by atoms with E-state index in [0.29, 0.717) is 41.3 Å². The first-order valence-corrected chi connectivity index (χ1v) is 19.2. The summed E-state index contributed by atoms with van der Waals surface area (Å²) in [5.74, 6) is 1.49. The van der Waals surface area contributed by atoms with E-state index in [4.69, 9.17) is 14.2 Å². The first-order valence-electron chi connectivity index (χ1n) is 19.2. The minimum absolute atomic E-state index is 0.102. The van der Waals surface area contributed by atoms with E-state index in [1.54, 1.807) is 0 Å². The van der Waals surface area contributed by atoms with E-state index in [0.717, 1.165) is 19.6 Å². The van der Waals surface area contributed by atoms with Gasteiger partial charge in [0.2, 0.25) is 0 Å². The molecular formula is C43H67NO3. The highest BCUT2D eigenvalue weighted by molar-refractivity contribution is 5.34. The molecule has 4 nitrogen and oxygen atoms in total. The van der Waals surface area contributed by atoms with E-state index >= 15 is 0 Å². The van der Waals surface area contributed by atoms with Gasteiger partial charge in [-0.25, -0.2) is 0 Å². The number of nitrogens with zero attached hydrogens (tertiary/aromatic N) is 1. The standard InChI is InChI=1S/C43H67NO3/c1-37(2)24-32-31-16-17-34-40(6)20-19-35-41(7,28-46-38(3,4)47-35)33(40)18-21-43(34,9)42(31,8)23-22-39(32,5)36(25-37)45-27-30-14-12-29(13-15-30)26-44(10)11/h12-16,32-36H,17-28H2,1-11H3/t32-,33?,34?,35-,36+,39+,40-,41+,42+,43+/m0/s1. The molecule has 10 atom stereocenters. The van der Waals surface area contributed by atoms with Crippen molar-refractivity contribution in [2.45, 2.75) is 151 Å². The van der Waals surface area contributed by atoms with Crippen LogP contribution < -0.4 is 0 Å². The summed E-state index contributed by atoms with van der Waals surface area (Å²) < 4.78 is 20.1. The molecule has 6 aliphatic rings. The fourth-order valence-electron chi connectivity index (χ4n) is 13.1. The Morgan fingerprint density at radius 1 is 0.766 bits per heavy atom. The predicted molar refractivity (Wildman–Crippen MR) is 192 cm³/mol. The summed E-state index contributed by atoms with van der Waals surface area (Å²) in [5.41, 5.74) is 5.91. The van der Waals surface area contributed by atoms with Crippen LogP contribution in [0.25, 0.3) is 0 Å². The molecule has 0 bridgehead atoms. The van der Waals surface area contributed by atoms with Gasteiger partial charge in [-0.2, -0.15) is 0 Å². The van der Waals surface area contributed by atoms with Gasteiger partial charge in [-0.15, -0.1) is 0 Å². The van der Waals surface area contributed by atoms with Crippen LogP contribution in [0.4, 0.5) is 0 Å². The van der Waals surface area contributed by atoms with Crippen molar-refractivity contribution in [3.05, 3.63) is 47.0 Å². The van der Waals surface area contributed by atoms with Crippen molar-refractivity contribution >= 4 is 0 Å². The molecule has 0 amide bonds. The van der Waals surface area contributed by atoms with Crippen molar-refractivity contribution in [2.24, 2.45) is 50.2 Å². The summed E-state index contributed by atoms with van der Waals surface area (Å²) in [6.07, 6.45) is 14.7. The minimum Gasteiger partial charge on any atom is -0.373 e. The van der Waals surface area contributed by atoms with Crippen LogP contribution in [0.15, 0.2) is 35.9 Å². The molecule has 0 N–H and O–H groups in total. The molecule has 262 valence electrons. The molecule has 0 spiro atoms. The number of allylic oxidation sites excluding steroid dienone is 2. The number of hydrogen-bond donors (Lipinski definition) is 0. The lowest BCUT2D eigenvalue weighted by Gasteiger charge is -2.72. The molecule has 1 aromatic carbocycles. The third kappa shape index (κ3) is 5.27. The van der Waals surface area contributed by atoms with Crippen molar-refractivity contribution in [3.63, 3.8) is 0 Å². The van der Waals surface area contributed by atoms with Crippen LogP contribution in [0, 0.1) is 50.2 Å². The monoisotopic (exact) mass is 646 g/mol. The van der Waals surface area contributed by atoms with Gasteiger partial charge in [0.25, 0.3) is 0 Å². The Hall–Kier alpha value is -1.20. The van der Waals surface area contributed by atoms with Crippen LogP contribution >= 0.6 is 0 Å². The molecule has 0 aromatic heterocycles. The van der Waals surface area contributed by atoms with E-state index in [1.165, 1.54) is 62.5 Å². The van der Waals surface area contributed by atoms with Gasteiger partial charge < -0.3 is 19.1 Å². The summed E-state index contributed by atoms with van der Waals surface area (Å²) in [4.78, 5) is 2.23. The van der Waals surface area contributed by atoms with Gasteiger partial charge in [-0.1, -0.05) is 84.4 Å². The van der Waals surface area contributed by atoms with Crippen molar-refractivity contribution in [1.29, 1.82) is 0 Å². The van der Waals surface area contributed by atoms with E-state index < -0.39 is 5.79 Å². The maximum absolute atomic E-state index is 7.04. The van der Waals surface area contributed by atoms with Gasteiger partial charge in [0.1, 0.15) is 0 Å². The highest BCUT2D eigenvalue weighted by Crippen LogP contribution is 2.76. The third-order valence-corrected chi connectivity index (χ3v) is 16.0. The van der Waals surface area contributed by atoms with E-state index in [1.807, 2.05) is 5.57 Å². The molecule has 1 aliphatic heterocycles. The summed E-state index contributed by atoms with van der Waals surface area (Å²) in [6.45, 7) is 25.0. The first-order chi connectivity index (χ1) is 21.9. The Morgan fingerprint density at radius 3 is 2.17 bits per heavy atom. The highest BCUT2D eigenvalue weighted by atomic mass is 16.7. The maximum Gasteiger partial charge on any atom is 0.163 e. The molecule has 2 unspecified atom stereocenters. The predicted octanol–water partition coefficient (Wildman–Crippen LogP) is 10.2. The summed E-state index contributed by atoms with van der Waals surface area (Å²) >= 11 is 0. The number of ether oxygens (including phenoxy) is 3. The molecule has 5 aliphatic carbocycles. The second-order valence-corrected chi connectivity index (χ2v) is 20.1. The molecule has 5 fully saturated rings. The normalized spacial score (nSPS) is 46.7. The lowest BCUT2D eigenvalue weighted by atomic mass is 9.33. The number of benzene rings is 1. The van der Waals surface area contributed by atoms with E-state index in [2.05, 4.69) is 112 Å². The number of rotatable bonds is 5. The Morgan fingerprint density at radius 2 is 1.47 bits per heavy atom. The third-order valence-electron chi connectivity index (χ3n) is 16.0. The smallest absolute Gasteiger partial charge is 0.163 e. The topological polar surface area (TPSA) is 30.9 Å². The van der Waals surface area contributed by atoms with Crippen molar-refractivity contribution in [2.75, 3.05) is 20.7 Å². The molecule has 47 heavy (non-hydrogen) atoms. The van der Waals surface area contributed by atoms with Crippen LogP contribution in [0.5, 0.6) is 0 Å². The Bertz CT molecular complexity index is 1380. The van der Waals surface area contributed by atoms with Gasteiger partial charge in [0, 0.05) is 17.4 Å². The average molecular weight is 646 g/mol. The van der Waals surface area contributed by atoms with Crippen LogP contribution in [0.1, 0.15) is 131 Å².